The summed E-state index contributed by atoms with van der Waals surface area (Å²) >= 11 is 0. The minimum Gasteiger partial charge on any atom is -0.272 e. The molecule has 0 saturated heterocycles. The van der Waals surface area contributed by atoms with Crippen LogP contribution in [0, 0.1) is 58.2 Å². The molecule has 3 atom stereocenters. The summed E-state index contributed by atoms with van der Waals surface area (Å²) in [5, 5.41) is 53.7. The average molecular weight is 601 g/mol. The molecule has 224 valence electrons. The van der Waals surface area contributed by atoms with Crippen LogP contribution in [0.25, 0.3) is 5.57 Å². The summed E-state index contributed by atoms with van der Waals surface area (Å²) in [4.78, 5) is 42.3. The van der Waals surface area contributed by atoms with Gasteiger partial charge in [0, 0.05) is 36.4 Å². The maximum atomic E-state index is 11.6. The lowest BCUT2D eigenvalue weighted by atomic mass is 9.66. The Morgan fingerprint density at radius 1 is 0.727 bits per heavy atom. The van der Waals surface area contributed by atoms with Gasteiger partial charge in [-0.05, 0) is 54.0 Å². The third-order valence-electron chi connectivity index (χ3n) is 7.68. The molecule has 2 aliphatic rings. The first-order chi connectivity index (χ1) is 21.1. The Labute approximate surface area is 248 Å². The van der Waals surface area contributed by atoms with E-state index in [9.17, 15) is 40.5 Å². The number of non-ortho nitro benzene ring substituents is 2. The fourth-order valence-corrected chi connectivity index (χ4v) is 5.59. The monoisotopic (exact) mass is 600 g/mol. The Kier molecular flexibility index (Phi) is 8.32. The van der Waals surface area contributed by atoms with E-state index in [4.69, 9.17) is 0 Å². The lowest BCUT2D eigenvalue weighted by molar-refractivity contribution is -0.393. The number of nitrogens with zero attached hydrogens (tertiary/aromatic N) is 6. The molecule has 0 saturated carbocycles. The third kappa shape index (κ3) is 6.08. The van der Waals surface area contributed by atoms with E-state index in [1.54, 1.807) is 12.4 Å². The molecule has 2 N–H and O–H groups in total. The molecule has 0 unspecified atom stereocenters. The van der Waals surface area contributed by atoms with Crippen molar-refractivity contribution in [3.63, 3.8) is 0 Å². The number of anilines is 2. The van der Waals surface area contributed by atoms with Gasteiger partial charge in [0.2, 0.25) is 0 Å². The topological polar surface area (TPSA) is 221 Å². The highest BCUT2D eigenvalue weighted by Gasteiger charge is 2.36. The van der Waals surface area contributed by atoms with Crippen molar-refractivity contribution in [2.75, 3.05) is 10.9 Å². The summed E-state index contributed by atoms with van der Waals surface area (Å²) in [6.45, 7) is 0. The van der Waals surface area contributed by atoms with Crippen LogP contribution in [0.1, 0.15) is 24.0 Å². The van der Waals surface area contributed by atoms with Crippen LogP contribution in [0.4, 0.5) is 34.1 Å². The second kappa shape index (κ2) is 12.4. The first-order valence-electron chi connectivity index (χ1n) is 13.4. The fourth-order valence-electron chi connectivity index (χ4n) is 5.59. The fraction of sp³-hybridized carbons (Fsp3) is 0.214. The molecule has 44 heavy (non-hydrogen) atoms. The van der Waals surface area contributed by atoms with Gasteiger partial charge in [-0.25, -0.2) is 0 Å². The highest BCUT2D eigenvalue weighted by atomic mass is 16.6. The van der Waals surface area contributed by atoms with Gasteiger partial charge in [-0.15, -0.1) is 0 Å². The van der Waals surface area contributed by atoms with Crippen LogP contribution in [-0.2, 0) is 6.42 Å². The number of hydrogen-bond donors (Lipinski definition) is 2. The molecule has 0 aromatic heterocycles. The number of hydrazone groups is 2. The molecule has 0 amide bonds. The predicted octanol–water partition coefficient (Wildman–Crippen LogP) is 6.10. The first kappa shape index (κ1) is 29.4. The summed E-state index contributed by atoms with van der Waals surface area (Å²) in [5.41, 5.74) is 6.90. The van der Waals surface area contributed by atoms with Gasteiger partial charge < -0.3 is 0 Å². The Hall–Kier alpha value is -6.06. The molecule has 0 heterocycles. The van der Waals surface area contributed by atoms with Crippen molar-refractivity contribution in [3.8, 4) is 0 Å². The number of nitrogens with one attached hydrogen (secondary N) is 2. The standard InChI is InChI=1S/C28H24N8O8/c37-33(38)19-7-11-25(27(13-19)35(41)42)31-29-15-18-6-10-22-21-4-2-1-3-17(21)5-9-23(22)24(18)16-30-32-26-12-8-20(34(39)40)14-28(26)36(43)44/h1-4,7-8,10-16,18,23-24,31-32H,5-6,9H2/b29-15+,30-16-/t18-,23-,24+/m1/s1. The van der Waals surface area contributed by atoms with Crippen LogP contribution >= 0.6 is 0 Å². The van der Waals surface area contributed by atoms with E-state index >= 15 is 0 Å². The average Bonchev–Trinajstić information content (AvgIpc) is 3.01. The number of rotatable bonds is 10. The van der Waals surface area contributed by atoms with Gasteiger partial charge in [0.1, 0.15) is 11.4 Å². The van der Waals surface area contributed by atoms with Gasteiger partial charge in [-0.1, -0.05) is 30.3 Å². The number of nitro groups is 4. The molecule has 2 aliphatic carbocycles. The smallest absolute Gasteiger partial charge is 0.272 e. The molecular weight excluding hydrogens is 576 g/mol. The molecule has 0 bridgehead atoms. The number of allylic oxidation sites excluding steroid dienone is 2. The summed E-state index contributed by atoms with van der Waals surface area (Å²) in [5.74, 6) is -0.470. The van der Waals surface area contributed by atoms with E-state index in [1.165, 1.54) is 17.7 Å². The Balaban J connectivity index is 1.43. The van der Waals surface area contributed by atoms with Crippen LogP contribution in [0.5, 0.6) is 0 Å². The second-order valence-corrected chi connectivity index (χ2v) is 10.1. The molecule has 0 radical (unpaired) electrons. The Morgan fingerprint density at radius 2 is 1.30 bits per heavy atom. The van der Waals surface area contributed by atoms with E-state index in [1.807, 2.05) is 12.1 Å². The number of nitro benzene ring substituents is 4. The van der Waals surface area contributed by atoms with Gasteiger partial charge >= 0.3 is 11.4 Å². The van der Waals surface area contributed by atoms with Crippen LogP contribution in [-0.4, -0.2) is 32.1 Å². The lowest BCUT2D eigenvalue weighted by Gasteiger charge is -2.38. The van der Waals surface area contributed by atoms with Crippen molar-refractivity contribution in [2.45, 2.75) is 19.3 Å². The maximum absolute atomic E-state index is 11.6. The third-order valence-corrected chi connectivity index (χ3v) is 7.68. The van der Waals surface area contributed by atoms with Crippen molar-refractivity contribution in [3.05, 3.63) is 118 Å². The van der Waals surface area contributed by atoms with Crippen molar-refractivity contribution in [2.24, 2.45) is 28.0 Å². The van der Waals surface area contributed by atoms with Crippen molar-refractivity contribution in [1.82, 2.24) is 0 Å². The molecule has 0 fully saturated rings. The zero-order chi connectivity index (χ0) is 31.4. The quantitative estimate of drug-likeness (QED) is 0.155. The SMILES string of the molecule is O=[N+]([O-])c1ccc(N/N=C\[C@@H]2[C@@H]3CCc4ccccc4C3=CC[C@@H]2/C=N/Nc2ccc([N+](=O)[O-])cc2[N+](=O)[O-])c([N+](=O)[O-])c1. The Morgan fingerprint density at radius 3 is 1.86 bits per heavy atom. The zero-order valence-corrected chi connectivity index (χ0v) is 22.8. The van der Waals surface area contributed by atoms with Gasteiger partial charge in [0.05, 0.1) is 31.8 Å². The largest absolute Gasteiger partial charge is 0.301 e. The van der Waals surface area contributed by atoms with Crippen molar-refractivity contribution < 1.29 is 19.7 Å². The van der Waals surface area contributed by atoms with Gasteiger partial charge in [-0.3, -0.25) is 51.3 Å². The Bertz CT molecular complexity index is 1760. The molecule has 16 nitrogen and oxygen atoms in total. The predicted molar refractivity (Wildman–Crippen MR) is 162 cm³/mol. The molecule has 3 aromatic rings. The van der Waals surface area contributed by atoms with E-state index < -0.39 is 42.4 Å². The maximum Gasteiger partial charge on any atom is 0.301 e. The second-order valence-electron chi connectivity index (χ2n) is 10.1. The van der Waals surface area contributed by atoms with Crippen molar-refractivity contribution in [1.29, 1.82) is 0 Å². The van der Waals surface area contributed by atoms with Crippen LogP contribution in [0.2, 0.25) is 0 Å². The normalized spacial score (nSPS) is 19.1. The number of hydrogen-bond acceptors (Lipinski definition) is 12. The van der Waals surface area contributed by atoms with Crippen LogP contribution in [0.15, 0.2) is 76.9 Å². The van der Waals surface area contributed by atoms with Crippen LogP contribution < -0.4 is 10.9 Å². The van der Waals surface area contributed by atoms with E-state index in [2.05, 4.69) is 39.3 Å². The number of fused-ring (bicyclic) bond motifs is 3. The summed E-state index contributed by atoms with van der Waals surface area (Å²) in [7, 11) is 0. The lowest BCUT2D eigenvalue weighted by Crippen LogP contribution is -2.33. The highest BCUT2D eigenvalue weighted by Crippen LogP contribution is 2.45. The molecular formula is C28H24N8O8. The molecule has 5 rings (SSSR count). The minimum absolute atomic E-state index is 0.0150. The van der Waals surface area contributed by atoms with Crippen molar-refractivity contribution >= 4 is 52.1 Å². The first-order valence-corrected chi connectivity index (χ1v) is 13.4. The molecule has 0 aliphatic heterocycles. The summed E-state index contributed by atoms with van der Waals surface area (Å²) < 4.78 is 0. The number of benzene rings is 3. The van der Waals surface area contributed by atoms with Gasteiger partial charge in [0.15, 0.2) is 0 Å². The number of aryl methyl sites for hydroxylation is 1. The van der Waals surface area contributed by atoms with Crippen LogP contribution in [0.3, 0.4) is 0 Å². The van der Waals surface area contributed by atoms with Gasteiger partial charge in [0.25, 0.3) is 11.4 Å². The zero-order valence-electron chi connectivity index (χ0n) is 22.8. The van der Waals surface area contributed by atoms with E-state index in [-0.39, 0.29) is 29.1 Å². The van der Waals surface area contributed by atoms with Gasteiger partial charge in [-0.2, -0.15) is 10.2 Å². The molecule has 16 heteroatoms. The summed E-state index contributed by atoms with van der Waals surface area (Å²) in [6, 6.07) is 14.5. The molecule has 3 aromatic carbocycles. The molecule has 0 spiro atoms. The minimum atomic E-state index is -0.738. The van der Waals surface area contributed by atoms with E-state index in [0.29, 0.717) is 6.42 Å². The summed E-state index contributed by atoms with van der Waals surface area (Å²) in [6.07, 6.45) is 7.53. The van der Waals surface area contributed by atoms with E-state index in [0.717, 1.165) is 48.2 Å². The highest BCUT2D eigenvalue weighted by molar-refractivity contribution is 5.82.